The molecule has 0 radical (unpaired) electrons. The Morgan fingerprint density at radius 1 is 1.00 bits per heavy atom. The van der Waals surface area contributed by atoms with Crippen LogP contribution in [0.15, 0.2) is 30.3 Å². The van der Waals surface area contributed by atoms with Gasteiger partial charge in [-0.3, -0.25) is 0 Å². The highest BCUT2D eigenvalue weighted by atomic mass is 79.9. The summed E-state index contributed by atoms with van der Waals surface area (Å²) in [6, 6.07) is 7.95. The van der Waals surface area contributed by atoms with E-state index in [-0.39, 0.29) is 10.6 Å². The third kappa shape index (κ3) is 2.98. The molecule has 0 fully saturated rings. The zero-order valence-electron chi connectivity index (χ0n) is 10.5. The first-order valence-corrected chi connectivity index (χ1v) is 7.05. The summed E-state index contributed by atoms with van der Waals surface area (Å²) >= 11 is 8.96. The SMILES string of the molecule is Cc1ccc(C(Br)c2cc(F)c(Cl)cc2F)cc1C. The summed E-state index contributed by atoms with van der Waals surface area (Å²) in [5.41, 5.74) is 3.39. The third-order valence-electron chi connectivity index (χ3n) is 3.14. The van der Waals surface area contributed by atoms with E-state index in [4.69, 9.17) is 11.6 Å². The molecular weight excluding hydrogens is 334 g/mol. The van der Waals surface area contributed by atoms with Crippen LogP contribution in [-0.2, 0) is 0 Å². The van der Waals surface area contributed by atoms with Gasteiger partial charge in [-0.2, -0.15) is 0 Å². The summed E-state index contributed by atoms with van der Waals surface area (Å²) in [6.45, 7) is 3.99. The smallest absolute Gasteiger partial charge is 0.142 e. The lowest BCUT2D eigenvalue weighted by Crippen LogP contribution is -1.99. The largest absolute Gasteiger partial charge is 0.207 e. The highest BCUT2D eigenvalue weighted by Gasteiger charge is 2.18. The number of alkyl halides is 1. The van der Waals surface area contributed by atoms with E-state index >= 15 is 0 Å². The van der Waals surface area contributed by atoms with Crippen LogP contribution in [0.2, 0.25) is 5.02 Å². The van der Waals surface area contributed by atoms with Gasteiger partial charge in [0, 0.05) is 5.56 Å². The molecular formula is C15H12BrClF2. The second kappa shape index (κ2) is 5.59. The number of benzene rings is 2. The predicted octanol–water partition coefficient (Wildman–Crippen LogP) is 5.72. The zero-order valence-corrected chi connectivity index (χ0v) is 12.8. The quantitative estimate of drug-likeness (QED) is 0.482. The van der Waals surface area contributed by atoms with E-state index < -0.39 is 16.5 Å². The summed E-state index contributed by atoms with van der Waals surface area (Å²) < 4.78 is 27.3. The fraction of sp³-hybridized carbons (Fsp3) is 0.200. The van der Waals surface area contributed by atoms with E-state index in [0.717, 1.165) is 28.8 Å². The van der Waals surface area contributed by atoms with Crippen molar-refractivity contribution in [3.05, 3.63) is 69.2 Å². The molecule has 0 nitrogen and oxygen atoms in total. The molecule has 0 aliphatic carbocycles. The Kier molecular flexibility index (Phi) is 4.26. The van der Waals surface area contributed by atoms with Gasteiger partial charge in [0.25, 0.3) is 0 Å². The van der Waals surface area contributed by atoms with Crippen molar-refractivity contribution in [2.24, 2.45) is 0 Å². The van der Waals surface area contributed by atoms with Gasteiger partial charge >= 0.3 is 0 Å². The highest BCUT2D eigenvalue weighted by Crippen LogP contribution is 2.35. The Labute approximate surface area is 124 Å². The molecule has 2 rings (SSSR count). The summed E-state index contributed by atoms with van der Waals surface area (Å²) in [6.07, 6.45) is 0. The Balaban J connectivity index is 2.46. The van der Waals surface area contributed by atoms with Crippen molar-refractivity contribution in [3.63, 3.8) is 0 Å². The lowest BCUT2D eigenvalue weighted by molar-refractivity contribution is 0.588. The molecule has 19 heavy (non-hydrogen) atoms. The van der Waals surface area contributed by atoms with Crippen LogP contribution in [0, 0.1) is 25.5 Å². The average molecular weight is 346 g/mol. The molecule has 0 saturated heterocycles. The number of halogens is 4. The Hall–Kier alpha value is -0.930. The first kappa shape index (κ1) is 14.5. The first-order chi connectivity index (χ1) is 8.90. The zero-order chi connectivity index (χ0) is 14.2. The maximum Gasteiger partial charge on any atom is 0.142 e. The van der Waals surface area contributed by atoms with Gasteiger partial charge < -0.3 is 0 Å². The van der Waals surface area contributed by atoms with Gasteiger partial charge in [-0.25, -0.2) is 8.78 Å². The summed E-state index contributed by atoms with van der Waals surface area (Å²) in [5, 5.41) is -0.207. The second-order valence-corrected chi connectivity index (χ2v) is 5.82. The molecule has 2 aromatic rings. The standard InChI is InChI=1S/C15H12BrClF2/c1-8-3-4-10(5-9(8)2)15(16)11-6-14(19)12(17)7-13(11)18/h3-7,15H,1-2H3. The fourth-order valence-corrected chi connectivity index (χ4v) is 2.62. The maximum absolute atomic E-state index is 13.9. The molecule has 0 N–H and O–H groups in total. The topological polar surface area (TPSA) is 0 Å². The maximum atomic E-state index is 13.9. The van der Waals surface area contributed by atoms with Gasteiger partial charge in [0.05, 0.1) is 9.85 Å². The van der Waals surface area contributed by atoms with Crippen LogP contribution < -0.4 is 0 Å². The van der Waals surface area contributed by atoms with E-state index in [0.29, 0.717) is 0 Å². The molecule has 0 heterocycles. The van der Waals surface area contributed by atoms with Gasteiger partial charge in [0.2, 0.25) is 0 Å². The van der Waals surface area contributed by atoms with Crippen LogP contribution in [0.5, 0.6) is 0 Å². The van der Waals surface area contributed by atoms with E-state index in [1.807, 2.05) is 32.0 Å². The van der Waals surface area contributed by atoms with Crippen LogP contribution in [0.4, 0.5) is 8.78 Å². The van der Waals surface area contributed by atoms with Crippen molar-refractivity contribution in [1.29, 1.82) is 0 Å². The molecule has 0 aromatic heterocycles. The van der Waals surface area contributed by atoms with Crippen molar-refractivity contribution in [2.75, 3.05) is 0 Å². The number of hydrogen-bond donors (Lipinski definition) is 0. The minimum atomic E-state index is -0.619. The second-order valence-electron chi connectivity index (χ2n) is 4.49. The Morgan fingerprint density at radius 2 is 1.68 bits per heavy atom. The minimum absolute atomic E-state index is 0.207. The van der Waals surface area contributed by atoms with E-state index in [1.54, 1.807) is 0 Å². The molecule has 0 spiro atoms. The van der Waals surface area contributed by atoms with Gasteiger partial charge in [-0.1, -0.05) is 45.7 Å². The minimum Gasteiger partial charge on any atom is -0.207 e. The molecule has 100 valence electrons. The third-order valence-corrected chi connectivity index (χ3v) is 4.45. The molecule has 2 aromatic carbocycles. The van der Waals surface area contributed by atoms with Crippen LogP contribution in [0.1, 0.15) is 27.1 Å². The lowest BCUT2D eigenvalue weighted by Gasteiger charge is -2.14. The lowest BCUT2D eigenvalue weighted by atomic mass is 10.00. The van der Waals surface area contributed by atoms with Gasteiger partial charge in [-0.05, 0) is 42.7 Å². The van der Waals surface area contributed by atoms with Crippen LogP contribution in [0.25, 0.3) is 0 Å². The van der Waals surface area contributed by atoms with Crippen LogP contribution in [-0.4, -0.2) is 0 Å². The molecule has 0 aliphatic heterocycles. The van der Waals surface area contributed by atoms with Crippen molar-refractivity contribution in [2.45, 2.75) is 18.7 Å². The number of hydrogen-bond acceptors (Lipinski definition) is 0. The molecule has 0 bridgehead atoms. The van der Waals surface area contributed by atoms with Crippen LogP contribution >= 0.6 is 27.5 Å². The monoisotopic (exact) mass is 344 g/mol. The summed E-state index contributed by atoms with van der Waals surface area (Å²) in [4.78, 5) is -0.404. The molecule has 4 heteroatoms. The molecule has 1 unspecified atom stereocenters. The number of aryl methyl sites for hydroxylation is 2. The summed E-state index contributed by atoms with van der Waals surface area (Å²) in [5.74, 6) is -1.14. The molecule has 0 amide bonds. The van der Waals surface area contributed by atoms with Gasteiger partial charge in [-0.15, -0.1) is 0 Å². The van der Waals surface area contributed by atoms with Gasteiger partial charge in [0.1, 0.15) is 11.6 Å². The van der Waals surface area contributed by atoms with E-state index in [1.165, 1.54) is 0 Å². The van der Waals surface area contributed by atoms with Crippen molar-refractivity contribution in [3.8, 4) is 0 Å². The fourth-order valence-electron chi connectivity index (χ4n) is 1.83. The molecule has 1 atom stereocenters. The van der Waals surface area contributed by atoms with E-state index in [2.05, 4.69) is 15.9 Å². The van der Waals surface area contributed by atoms with E-state index in [9.17, 15) is 8.78 Å². The van der Waals surface area contributed by atoms with Crippen molar-refractivity contribution in [1.82, 2.24) is 0 Å². The summed E-state index contributed by atoms with van der Waals surface area (Å²) in [7, 11) is 0. The molecule has 0 aliphatic rings. The first-order valence-electron chi connectivity index (χ1n) is 5.76. The number of rotatable bonds is 2. The van der Waals surface area contributed by atoms with Crippen molar-refractivity contribution < 1.29 is 8.78 Å². The Bertz CT molecular complexity index is 626. The average Bonchev–Trinajstić information content (AvgIpc) is 2.36. The normalized spacial score (nSPS) is 12.5. The molecule has 0 saturated carbocycles. The predicted molar refractivity (Wildman–Crippen MR) is 78.1 cm³/mol. The van der Waals surface area contributed by atoms with Crippen molar-refractivity contribution >= 4 is 27.5 Å². The Morgan fingerprint density at radius 3 is 2.32 bits per heavy atom. The highest BCUT2D eigenvalue weighted by molar-refractivity contribution is 9.09. The van der Waals surface area contributed by atoms with Gasteiger partial charge in [0.15, 0.2) is 0 Å². The van der Waals surface area contributed by atoms with Crippen LogP contribution in [0.3, 0.4) is 0 Å².